The maximum atomic E-state index is 12.5. The van der Waals surface area contributed by atoms with Gasteiger partial charge in [0, 0.05) is 25.0 Å². The first-order valence-electron chi connectivity index (χ1n) is 6.28. The minimum atomic E-state index is -4.51. The van der Waals surface area contributed by atoms with Crippen molar-refractivity contribution in [3.8, 4) is 6.07 Å². The van der Waals surface area contributed by atoms with Crippen molar-refractivity contribution in [2.24, 2.45) is 5.73 Å². The van der Waals surface area contributed by atoms with Crippen molar-refractivity contribution in [2.75, 3.05) is 18.4 Å². The molecular weight excluding hydrogens is 335 g/mol. The molecule has 0 bridgehead atoms. The van der Waals surface area contributed by atoms with Gasteiger partial charge in [0.15, 0.2) is 0 Å². The molecule has 0 atom stereocenters. The fourth-order valence-corrected chi connectivity index (χ4v) is 1.80. The van der Waals surface area contributed by atoms with Crippen LogP contribution in [-0.4, -0.2) is 24.0 Å². The second-order valence-corrected chi connectivity index (χ2v) is 4.79. The molecule has 0 unspecified atom stereocenters. The van der Waals surface area contributed by atoms with Crippen LogP contribution in [0.2, 0.25) is 5.02 Å². The number of allylic oxidation sites excluding steroid dienone is 1. The van der Waals surface area contributed by atoms with E-state index >= 15 is 0 Å². The third-order valence-corrected chi connectivity index (χ3v) is 3.00. The summed E-state index contributed by atoms with van der Waals surface area (Å²) in [5.41, 5.74) is 4.18. The third kappa shape index (κ3) is 5.34. The number of hydrogen-bond donors (Lipinski definition) is 3. The van der Waals surface area contributed by atoms with Crippen molar-refractivity contribution >= 4 is 23.3 Å². The van der Waals surface area contributed by atoms with E-state index in [0.717, 1.165) is 6.07 Å². The fraction of sp³-hybridized carbons (Fsp3) is 0.308. The Hall–Kier alpha value is -2.47. The number of nitriles is 1. The van der Waals surface area contributed by atoms with Gasteiger partial charge in [0.2, 0.25) is 0 Å². The van der Waals surface area contributed by atoms with Gasteiger partial charge in [0.05, 0.1) is 10.6 Å². The molecule has 0 aliphatic rings. The molecule has 6 nitrogen and oxygen atoms in total. The zero-order chi connectivity index (χ0) is 17.6. The Labute approximate surface area is 135 Å². The van der Waals surface area contributed by atoms with Gasteiger partial charge in [-0.05, 0) is 13.0 Å². The average Bonchev–Trinajstić information content (AvgIpc) is 2.44. The van der Waals surface area contributed by atoms with Gasteiger partial charge in [-0.2, -0.15) is 18.4 Å². The third-order valence-electron chi connectivity index (χ3n) is 2.71. The Morgan fingerprint density at radius 1 is 1.48 bits per heavy atom. The maximum Gasteiger partial charge on any atom is 0.417 e. The van der Waals surface area contributed by atoms with Gasteiger partial charge >= 0.3 is 6.18 Å². The maximum absolute atomic E-state index is 12.5. The van der Waals surface area contributed by atoms with Crippen LogP contribution in [0.4, 0.5) is 19.0 Å². The van der Waals surface area contributed by atoms with Gasteiger partial charge in [0.1, 0.15) is 17.5 Å². The minimum absolute atomic E-state index is 0.0958. The van der Waals surface area contributed by atoms with Gasteiger partial charge < -0.3 is 16.4 Å². The topological polar surface area (TPSA) is 104 Å². The molecule has 10 heteroatoms. The first-order chi connectivity index (χ1) is 10.7. The molecule has 0 saturated carbocycles. The number of alkyl halides is 3. The van der Waals surface area contributed by atoms with E-state index in [1.54, 1.807) is 6.07 Å². The van der Waals surface area contributed by atoms with Crippen molar-refractivity contribution in [1.82, 2.24) is 10.3 Å². The zero-order valence-electron chi connectivity index (χ0n) is 12.0. The Balaban J connectivity index is 2.61. The van der Waals surface area contributed by atoms with Gasteiger partial charge in [-0.25, -0.2) is 4.98 Å². The van der Waals surface area contributed by atoms with Crippen LogP contribution >= 0.6 is 11.6 Å². The lowest BCUT2D eigenvalue weighted by Gasteiger charge is -2.12. The van der Waals surface area contributed by atoms with E-state index in [4.69, 9.17) is 22.6 Å². The lowest BCUT2D eigenvalue weighted by Crippen LogP contribution is -2.25. The largest absolute Gasteiger partial charge is 0.417 e. The van der Waals surface area contributed by atoms with Crippen LogP contribution in [0, 0.1) is 11.3 Å². The number of carbonyl (C=O) groups excluding carboxylic acids is 1. The van der Waals surface area contributed by atoms with Crippen molar-refractivity contribution in [3.05, 3.63) is 34.1 Å². The Morgan fingerprint density at radius 3 is 2.61 bits per heavy atom. The molecule has 1 aromatic heterocycles. The summed E-state index contributed by atoms with van der Waals surface area (Å²) in [6.45, 7) is 2.02. The lowest BCUT2D eigenvalue weighted by atomic mass is 10.2. The predicted octanol–water partition coefficient (Wildman–Crippen LogP) is 2.04. The number of amides is 1. The molecule has 0 fully saturated rings. The Morgan fingerprint density at radius 2 is 2.13 bits per heavy atom. The van der Waals surface area contributed by atoms with Crippen molar-refractivity contribution in [2.45, 2.75) is 13.1 Å². The highest BCUT2D eigenvalue weighted by Crippen LogP contribution is 2.32. The van der Waals surface area contributed by atoms with Gasteiger partial charge in [-0.3, -0.25) is 4.79 Å². The second kappa shape index (κ2) is 7.69. The van der Waals surface area contributed by atoms with Gasteiger partial charge in [-0.15, -0.1) is 0 Å². The number of anilines is 1. The van der Waals surface area contributed by atoms with Crippen LogP contribution in [0.3, 0.4) is 0 Å². The minimum Gasteiger partial charge on any atom is -0.386 e. The molecule has 0 aromatic carbocycles. The predicted molar refractivity (Wildman–Crippen MR) is 78.2 cm³/mol. The number of nitrogens with zero attached hydrogens (tertiary/aromatic N) is 2. The summed E-state index contributed by atoms with van der Waals surface area (Å²) in [7, 11) is 0. The van der Waals surface area contributed by atoms with E-state index in [1.165, 1.54) is 6.92 Å². The monoisotopic (exact) mass is 347 g/mol. The summed E-state index contributed by atoms with van der Waals surface area (Å²) in [6, 6.07) is 2.45. The quantitative estimate of drug-likeness (QED) is 0.415. The number of hydrogen-bond acceptors (Lipinski definition) is 5. The van der Waals surface area contributed by atoms with Crippen LogP contribution in [0.15, 0.2) is 23.5 Å². The van der Waals surface area contributed by atoms with Crippen LogP contribution in [-0.2, 0) is 11.0 Å². The first-order valence-corrected chi connectivity index (χ1v) is 6.66. The molecule has 1 heterocycles. The number of rotatable bonds is 6. The van der Waals surface area contributed by atoms with E-state index in [-0.39, 0.29) is 29.5 Å². The summed E-state index contributed by atoms with van der Waals surface area (Å²) in [4.78, 5) is 14.6. The van der Waals surface area contributed by atoms with Crippen molar-refractivity contribution in [1.29, 1.82) is 5.26 Å². The highest BCUT2D eigenvalue weighted by molar-refractivity contribution is 6.32. The molecule has 1 rings (SSSR count). The standard InChI is InChI=1S/C13H13ClF3N5O/c1-7(9(5-18)11(19)23)20-2-3-21-12-10(14)4-8(6-22-12)13(15,16)17/h4,6,20H,2-3H2,1H3,(H2,19,23)(H,21,22)/b9-7+. The van der Waals surface area contributed by atoms with Crippen LogP contribution in [0.1, 0.15) is 12.5 Å². The number of halogens is 4. The summed E-state index contributed by atoms with van der Waals surface area (Å²) >= 11 is 5.73. The lowest BCUT2D eigenvalue weighted by molar-refractivity contribution is -0.137. The number of aromatic nitrogens is 1. The van der Waals surface area contributed by atoms with Crippen LogP contribution < -0.4 is 16.4 Å². The van der Waals surface area contributed by atoms with Crippen molar-refractivity contribution in [3.63, 3.8) is 0 Å². The van der Waals surface area contributed by atoms with Crippen LogP contribution in [0.25, 0.3) is 0 Å². The summed E-state index contributed by atoms with van der Waals surface area (Å²) in [6.07, 6.45) is -3.84. The Kier molecular flexibility index (Phi) is 6.21. The summed E-state index contributed by atoms with van der Waals surface area (Å²) in [5, 5.41) is 14.1. The second-order valence-electron chi connectivity index (χ2n) is 4.38. The highest BCUT2D eigenvalue weighted by atomic mass is 35.5. The highest BCUT2D eigenvalue weighted by Gasteiger charge is 2.31. The number of nitrogens with one attached hydrogen (secondary N) is 2. The molecule has 124 valence electrons. The van der Waals surface area contributed by atoms with E-state index in [1.807, 2.05) is 0 Å². The average molecular weight is 348 g/mol. The van der Waals surface area contributed by atoms with E-state index in [0.29, 0.717) is 11.9 Å². The molecule has 4 N–H and O–H groups in total. The number of primary amides is 1. The van der Waals surface area contributed by atoms with Gasteiger partial charge in [0.25, 0.3) is 5.91 Å². The molecular formula is C13H13ClF3N5O. The smallest absolute Gasteiger partial charge is 0.386 e. The molecule has 0 spiro atoms. The normalized spacial score (nSPS) is 12.2. The molecule has 0 aliphatic carbocycles. The number of carbonyl (C=O) groups is 1. The van der Waals surface area contributed by atoms with E-state index in [2.05, 4.69) is 15.6 Å². The number of pyridine rings is 1. The molecule has 1 amide bonds. The van der Waals surface area contributed by atoms with E-state index < -0.39 is 17.6 Å². The molecule has 0 saturated heterocycles. The fourth-order valence-electron chi connectivity index (χ4n) is 1.57. The number of nitrogens with two attached hydrogens (primary N) is 1. The summed E-state index contributed by atoms with van der Waals surface area (Å²) < 4.78 is 37.4. The summed E-state index contributed by atoms with van der Waals surface area (Å²) in [5.74, 6) is -0.753. The molecule has 0 aliphatic heterocycles. The molecule has 0 radical (unpaired) electrons. The molecule has 1 aromatic rings. The first kappa shape index (κ1) is 18.6. The van der Waals surface area contributed by atoms with Gasteiger partial charge in [-0.1, -0.05) is 11.6 Å². The van der Waals surface area contributed by atoms with E-state index in [9.17, 15) is 18.0 Å². The molecule has 23 heavy (non-hydrogen) atoms. The van der Waals surface area contributed by atoms with Crippen molar-refractivity contribution < 1.29 is 18.0 Å². The zero-order valence-corrected chi connectivity index (χ0v) is 12.7. The van der Waals surface area contributed by atoms with Crippen LogP contribution in [0.5, 0.6) is 0 Å². The SMILES string of the molecule is C/C(NCCNc1ncc(C(F)(F)F)cc1Cl)=C(/C#N)C(N)=O. The Bertz CT molecular complexity index is 667.